The summed E-state index contributed by atoms with van der Waals surface area (Å²) in [6, 6.07) is 0. The lowest BCUT2D eigenvalue weighted by Crippen LogP contribution is -1.99. The van der Waals surface area contributed by atoms with Crippen LogP contribution in [-0.4, -0.2) is 9.78 Å². The van der Waals surface area contributed by atoms with Crippen LogP contribution in [0.2, 0.25) is 0 Å². The molecule has 0 amide bonds. The number of alkyl halides is 2. The second-order valence-electron chi connectivity index (χ2n) is 1.91. The van der Waals surface area contributed by atoms with E-state index in [4.69, 9.17) is 5.73 Å². The fourth-order valence-corrected chi connectivity index (χ4v) is 0.632. The van der Waals surface area contributed by atoms with Gasteiger partial charge in [-0.2, -0.15) is 5.10 Å². The van der Waals surface area contributed by atoms with E-state index < -0.39 is 6.43 Å². The van der Waals surface area contributed by atoms with Gasteiger partial charge in [0.25, 0.3) is 6.43 Å². The third-order valence-electron chi connectivity index (χ3n) is 1.25. The fraction of sp³-hybridized carbons (Fsp3) is 0.400. The number of aryl methyl sites for hydroxylation is 1. The number of nitrogens with zero attached hydrogens (tertiary/aromatic N) is 2. The molecule has 1 aromatic rings. The van der Waals surface area contributed by atoms with Crippen LogP contribution in [0.3, 0.4) is 0 Å². The molecule has 0 saturated heterocycles. The Bertz CT molecular complexity index is 231. The van der Waals surface area contributed by atoms with Crippen LogP contribution in [-0.2, 0) is 7.05 Å². The maximum Gasteiger partial charge on any atom is 0.268 e. The molecule has 0 radical (unpaired) electrons. The van der Waals surface area contributed by atoms with E-state index in [0.717, 1.165) is 6.20 Å². The first-order valence-corrected chi connectivity index (χ1v) is 2.68. The topological polar surface area (TPSA) is 43.8 Å². The van der Waals surface area contributed by atoms with Crippen molar-refractivity contribution < 1.29 is 8.78 Å². The molecule has 5 heteroatoms. The van der Waals surface area contributed by atoms with Crippen molar-refractivity contribution in [1.82, 2.24) is 9.78 Å². The maximum absolute atomic E-state index is 11.9. The minimum absolute atomic E-state index is 0.0231. The minimum Gasteiger partial charge on any atom is -0.384 e. The number of hydrogen-bond acceptors (Lipinski definition) is 2. The number of aromatic nitrogens is 2. The molecule has 3 nitrogen and oxygen atoms in total. The first-order chi connectivity index (χ1) is 4.63. The number of anilines is 1. The standard InChI is InChI=1S/C5H7F2N3/c1-10-5(8)3(2-9-10)4(6)7/h2,4H,8H2,1H3. The maximum atomic E-state index is 11.9. The number of hydrogen-bond donors (Lipinski definition) is 1. The molecule has 0 spiro atoms. The van der Waals surface area contributed by atoms with Gasteiger partial charge in [-0.15, -0.1) is 0 Å². The highest BCUT2D eigenvalue weighted by Crippen LogP contribution is 2.23. The average molecular weight is 147 g/mol. The summed E-state index contributed by atoms with van der Waals surface area (Å²) in [5.74, 6) is 0.0231. The lowest BCUT2D eigenvalue weighted by atomic mass is 10.3. The normalized spacial score (nSPS) is 10.8. The van der Waals surface area contributed by atoms with Gasteiger partial charge in [0.05, 0.1) is 11.8 Å². The summed E-state index contributed by atoms with van der Waals surface area (Å²) in [6.07, 6.45) is -1.46. The summed E-state index contributed by atoms with van der Waals surface area (Å²) >= 11 is 0. The molecule has 1 aromatic heterocycles. The van der Waals surface area contributed by atoms with Gasteiger partial charge in [-0.25, -0.2) is 8.78 Å². The van der Waals surface area contributed by atoms with Gasteiger partial charge >= 0.3 is 0 Å². The van der Waals surface area contributed by atoms with Gasteiger partial charge in [-0.1, -0.05) is 0 Å². The van der Waals surface area contributed by atoms with Crippen molar-refractivity contribution in [3.8, 4) is 0 Å². The van der Waals surface area contributed by atoms with Gasteiger partial charge in [0.15, 0.2) is 0 Å². The van der Waals surface area contributed by atoms with Crippen LogP contribution in [0.4, 0.5) is 14.6 Å². The molecule has 0 bridgehead atoms. The smallest absolute Gasteiger partial charge is 0.268 e. The minimum atomic E-state index is -2.53. The highest BCUT2D eigenvalue weighted by molar-refractivity contribution is 5.38. The monoisotopic (exact) mass is 147 g/mol. The summed E-state index contributed by atoms with van der Waals surface area (Å²) in [4.78, 5) is 0. The van der Waals surface area contributed by atoms with Gasteiger partial charge in [-0.3, -0.25) is 4.68 Å². The zero-order chi connectivity index (χ0) is 7.72. The molecule has 0 aliphatic carbocycles. The van der Waals surface area contributed by atoms with E-state index in [1.54, 1.807) is 0 Å². The molecule has 0 saturated carbocycles. The molecule has 0 aromatic carbocycles. The number of rotatable bonds is 1. The Hall–Kier alpha value is -1.13. The zero-order valence-corrected chi connectivity index (χ0v) is 5.38. The summed E-state index contributed by atoms with van der Waals surface area (Å²) in [7, 11) is 1.52. The highest BCUT2D eigenvalue weighted by atomic mass is 19.3. The molecule has 0 atom stereocenters. The van der Waals surface area contributed by atoms with Crippen molar-refractivity contribution >= 4 is 5.82 Å². The molecule has 10 heavy (non-hydrogen) atoms. The Morgan fingerprint density at radius 3 is 2.50 bits per heavy atom. The predicted molar refractivity (Wildman–Crippen MR) is 32.6 cm³/mol. The molecule has 2 N–H and O–H groups in total. The van der Waals surface area contributed by atoms with Crippen LogP contribution in [0.1, 0.15) is 12.0 Å². The van der Waals surface area contributed by atoms with E-state index in [-0.39, 0.29) is 11.4 Å². The Balaban J connectivity index is 3.05. The molecular weight excluding hydrogens is 140 g/mol. The Morgan fingerprint density at radius 2 is 2.30 bits per heavy atom. The van der Waals surface area contributed by atoms with Crippen molar-refractivity contribution in [2.75, 3.05) is 5.73 Å². The van der Waals surface area contributed by atoms with Crippen LogP contribution < -0.4 is 5.73 Å². The van der Waals surface area contributed by atoms with E-state index in [9.17, 15) is 8.78 Å². The molecule has 0 aliphatic heterocycles. The van der Waals surface area contributed by atoms with Gasteiger partial charge in [-0.05, 0) is 0 Å². The van der Waals surface area contributed by atoms with Gasteiger partial charge in [0.1, 0.15) is 5.82 Å². The summed E-state index contributed by atoms with van der Waals surface area (Å²) in [6.45, 7) is 0. The van der Waals surface area contributed by atoms with Crippen LogP contribution >= 0.6 is 0 Å². The second-order valence-corrected chi connectivity index (χ2v) is 1.91. The van der Waals surface area contributed by atoms with Crippen molar-refractivity contribution in [2.45, 2.75) is 6.43 Å². The molecule has 0 fully saturated rings. The molecule has 0 aliphatic rings. The van der Waals surface area contributed by atoms with Crippen molar-refractivity contribution in [3.05, 3.63) is 11.8 Å². The molecule has 56 valence electrons. The molecular formula is C5H7F2N3. The Kier molecular flexibility index (Phi) is 1.57. The van der Waals surface area contributed by atoms with Gasteiger partial charge in [0, 0.05) is 7.05 Å². The van der Waals surface area contributed by atoms with E-state index in [1.165, 1.54) is 11.7 Å². The third kappa shape index (κ3) is 0.940. The van der Waals surface area contributed by atoms with Gasteiger partial charge in [0.2, 0.25) is 0 Å². The second kappa shape index (κ2) is 2.24. The van der Waals surface area contributed by atoms with Crippen LogP contribution in [0.25, 0.3) is 0 Å². The van der Waals surface area contributed by atoms with Gasteiger partial charge < -0.3 is 5.73 Å². The zero-order valence-electron chi connectivity index (χ0n) is 5.38. The third-order valence-corrected chi connectivity index (χ3v) is 1.25. The fourth-order valence-electron chi connectivity index (χ4n) is 0.632. The number of nitrogen functional groups attached to an aromatic ring is 1. The molecule has 1 rings (SSSR count). The van der Waals surface area contributed by atoms with Crippen molar-refractivity contribution in [3.63, 3.8) is 0 Å². The number of nitrogens with two attached hydrogens (primary N) is 1. The quantitative estimate of drug-likeness (QED) is 0.642. The van der Waals surface area contributed by atoms with Crippen LogP contribution in [0, 0.1) is 0 Å². The lowest BCUT2D eigenvalue weighted by Gasteiger charge is -1.96. The van der Waals surface area contributed by atoms with E-state index in [0.29, 0.717) is 0 Å². The molecule has 0 unspecified atom stereocenters. The van der Waals surface area contributed by atoms with Crippen molar-refractivity contribution in [2.24, 2.45) is 7.05 Å². The SMILES string of the molecule is Cn1ncc(C(F)F)c1N. The van der Waals surface area contributed by atoms with E-state index in [2.05, 4.69) is 5.10 Å². The Labute approximate surface area is 56.4 Å². The Morgan fingerprint density at radius 1 is 1.70 bits per heavy atom. The summed E-state index contributed by atoms with van der Waals surface area (Å²) < 4.78 is 25.0. The summed E-state index contributed by atoms with van der Waals surface area (Å²) in [5, 5.41) is 3.55. The lowest BCUT2D eigenvalue weighted by molar-refractivity contribution is 0.152. The first-order valence-electron chi connectivity index (χ1n) is 2.68. The number of halogens is 2. The average Bonchev–Trinajstić information content (AvgIpc) is 2.14. The summed E-state index contributed by atoms with van der Waals surface area (Å²) in [5.41, 5.74) is 5.02. The van der Waals surface area contributed by atoms with E-state index in [1.807, 2.05) is 0 Å². The van der Waals surface area contributed by atoms with E-state index >= 15 is 0 Å². The predicted octanol–water partition coefficient (Wildman–Crippen LogP) is 0.940. The van der Waals surface area contributed by atoms with Crippen LogP contribution in [0.15, 0.2) is 6.20 Å². The van der Waals surface area contributed by atoms with Crippen LogP contribution in [0.5, 0.6) is 0 Å². The van der Waals surface area contributed by atoms with Crippen molar-refractivity contribution in [1.29, 1.82) is 0 Å². The highest BCUT2D eigenvalue weighted by Gasteiger charge is 2.13. The molecule has 1 heterocycles. The first kappa shape index (κ1) is 6.98. The largest absolute Gasteiger partial charge is 0.384 e.